The van der Waals surface area contributed by atoms with Crippen molar-refractivity contribution in [2.75, 3.05) is 0 Å². The number of carbonyl (C=O) groups is 1. The molecule has 7 heteroatoms. The van der Waals surface area contributed by atoms with Crippen molar-refractivity contribution < 1.29 is 4.79 Å². The number of nitrogens with zero attached hydrogens (tertiary/aromatic N) is 2. The van der Waals surface area contributed by atoms with Gasteiger partial charge in [0, 0.05) is 27.4 Å². The molecule has 0 spiro atoms. The number of rotatable bonds is 5. The summed E-state index contributed by atoms with van der Waals surface area (Å²) >= 11 is 12.1. The minimum absolute atomic E-state index is 0.0282. The first-order chi connectivity index (χ1) is 16.0. The van der Waals surface area contributed by atoms with Crippen LogP contribution in [0.2, 0.25) is 10.0 Å². The molecule has 0 fully saturated rings. The fourth-order valence-corrected chi connectivity index (χ4v) is 3.55. The van der Waals surface area contributed by atoms with Gasteiger partial charge in [-0.15, -0.1) is 0 Å². The van der Waals surface area contributed by atoms with Crippen LogP contribution in [-0.4, -0.2) is 16.9 Å². The molecule has 1 amide bonds. The molecule has 1 heterocycles. The molecule has 4 aromatic rings. The van der Waals surface area contributed by atoms with E-state index in [1.54, 1.807) is 30.5 Å². The van der Waals surface area contributed by atoms with Gasteiger partial charge in [-0.05, 0) is 59.2 Å². The lowest BCUT2D eigenvalue weighted by Crippen LogP contribution is -2.36. The maximum absolute atomic E-state index is 12.3. The van der Waals surface area contributed by atoms with E-state index in [0.717, 1.165) is 22.3 Å². The van der Waals surface area contributed by atoms with Crippen LogP contribution in [0.5, 0.6) is 0 Å². The smallest absolute Gasteiger partial charge is 0.257 e. The predicted molar refractivity (Wildman–Crippen MR) is 134 cm³/mol. The van der Waals surface area contributed by atoms with Crippen molar-refractivity contribution in [2.45, 2.75) is 6.54 Å². The third kappa shape index (κ3) is 5.77. The van der Waals surface area contributed by atoms with Gasteiger partial charge in [-0.1, -0.05) is 65.7 Å². The maximum Gasteiger partial charge on any atom is 0.257 e. The number of nitrogens with one attached hydrogen (secondary N) is 1. The number of hydrogen-bond donors (Lipinski definition) is 2. The molecule has 0 saturated carbocycles. The van der Waals surface area contributed by atoms with Gasteiger partial charge in [-0.3, -0.25) is 15.1 Å². The zero-order valence-electron chi connectivity index (χ0n) is 17.5. The van der Waals surface area contributed by atoms with Gasteiger partial charge in [-0.25, -0.2) is 4.99 Å². The Hall–Kier alpha value is -3.67. The number of hydrogen-bond acceptors (Lipinski definition) is 3. The van der Waals surface area contributed by atoms with Gasteiger partial charge in [0.15, 0.2) is 5.96 Å². The van der Waals surface area contributed by atoms with Crippen LogP contribution < -0.4 is 11.1 Å². The highest BCUT2D eigenvalue weighted by atomic mass is 35.5. The van der Waals surface area contributed by atoms with Crippen LogP contribution in [0.25, 0.3) is 22.3 Å². The van der Waals surface area contributed by atoms with E-state index < -0.39 is 0 Å². The molecular formula is C26H20Cl2N4O. The molecule has 164 valence electrons. The second kappa shape index (κ2) is 10.3. The lowest BCUT2D eigenvalue weighted by Gasteiger charge is -2.12. The van der Waals surface area contributed by atoms with Crippen molar-refractivity contribution in [1.82, 2.24) is 10.3 Å². The Balaban J connectivity index is 1.60. The number of aliphatic imine (C=N–C) groups is 1. The number of carbonyl (C=O) groups excluding carboxylic acids is 1. The number of halogens is 2. The number of guanidine groups is 1. The molecule has 0 aliphatic heterocycles. The molecule has 0 radical (unpaired) electrons. The topological polar surface area (TPSA) is 80.4 Å². The summed E-state index contributed by atoms with van der Waals surface area (Å²) in [5.41, 5.74) is 11.0. The summed E-state index contributed by atoms with van der Waals surface area (Å²) in [6.45, 7) is 0.211. The highest BCUT2D eigenvalue weighted by Gasteiger charge is 2.11. The first kappa shape index (κ1) is 22.5. The Bertz CT molecular complexity index is 1290. The molecular weight excluding hydrogens is 455 g/mol. The number of nitrogens with two attached hydrogens (primary N) is 1. The Morgan fingerprint density at radius 2 is 1.42 bits per heavy atom. The Labute approximate surface area is 201 Å². The molecule has 5 nitrogen and oxygen atoms in total. The summed E-state index contributed by atoms with van der Waals surface area (Å²) < 4.78 is 0. The van der Waals surface area contributed by atoms with Gasteiger partial charge in [0.05, 0.1) is 12.2 Å². The summed E-state index contributed by atoms with van der Waals surface area (Å²) in [6.07, 6.45) is 1.80. The van der Waals surface area contributed by atoms with E-state index in [1.165, 1.54) is 0 Å². The number of amides is 1. The van der Waals surface area contributed by atoms with E-state index in [2.05, 4.69) is 15.3 Å². The molecule has 0 bridgehead atoms. The van der Waals surface area contributed by atoms with Crippen LogP contribution in [-0.2, 0) is 6.54 Å². The molecule has 0 aliphatic carbocycles. The number of aromatic nitrogens is 1. The molecule has 0 aliphatic rings. The van der Waals surface area contributed by atoms with Crippen molar-refractivity contribution in [2.24, 2.45) is 10.7 Å². The van der Waals surface area contributed by atoms with Crippen LogP contribution >= 0.6 is 23.2 Å². The van der Waals surface area contributed by atoms with Crippen LogP contribution in [0.1, 0.15) is 16.1 Å². The molecule has 3 N–H and O–H groups in total. The van der Waals surface area contributed by atoms with Crippen LogP contribution in [0.4, 0.5) is 0 Å². The Kier molecular flexibility index (Phi) is 7.03. The Morgan fingerprint density at radius 1 is 0.848 bits per heavy atom. The first-order valence-corrected chi connectivity index (χ1v) is 10.9. The predicted octanol–water partition coefficient (Wildman–Crippen LogP) is 5.97. The lowest BCUT2D eigenvalue weighted by molar-refractivity contribution is 0.0976. The second-order valence-electron chi connectivity index (χ2n) is 7.26. The van der Waals surface area contributed by atoms with Crippen molar-refractivity contribution in [3.05, 3.63) is 112 Å². The summed E-state index contributed by atoms with van der Waals surface area (Å²) in [4.78, 5) is 21.1. The minimum Gasteiger partial charge on any atom is -0.370 e. The monoisotopic (exact) mass is 474 g/mol. The van der Waals surface area contributed by atoms with Crippen LogP contribution in [0.3, 0.4) is 0 Å². The minimum atomic E-state index is -0.315. The normalized spacial score (nSPS) is 11.3. The largest absolute Gasteiger partial charge is 0.370 e. The number of benzene rings is 3. The van der Waals surface area contributed by atoms with E-state index >= 15 is 0 Å². The fraction of sp³-hybridized carbons (Fsp3) is 0.0385. The summed E-state index contributed by atoms with van der Waals surface area (Å²) in [6, 6.07) is 26.0. The van der Waals surface area contributed by atoms with E-state index in [4.69, 9.17) is 28.9 Å². The quantitative estimate of drug-likeness (QED) is 0.276. The van der Waals surface area contributed by atoms with Gasteiger partial charge in [0.1, 0.15) is 0 Å². The van der Waals surface area contributed by atoms with E-state index in [0.29, 0.717) is 21.3 Å². The number of pyridine rings is 1. The van der Waals surface area contributed by atoms with Gasteiger partial charge >= 0.3 is 0 Å². The zero-order valence-corrected chi connectivity index (χ0v) is 19.0. The summed E-state index contributed by atoms with van der Waals surface area (Å²) in [5, 5.41) is 3.92. The van der Waals surface area contributed by atoms with Gasteiger partial charge in [0.2, 0.25) is 0 Å². The highest BCUT2D eigenvalue weighted by Crippen LogP contribution is 2.33. The summed E-state index contributed by atoms with van der Waals surface area (Å²) in [7, 11) is 0. The maximum atomic E-state index is 12.3. The molecule has 0 saturated heterocycles. The Morgan fingerprint density at radius 3 is 2.03 bits per heavy atom. The average molecular weight is 475 g/mol. The van der Waals surface area contributed by atoms with Gasteiger partial charge in [0.25, 0.3) is 5.91 Å². The third-order valence-corrected chi connectivity index (χ3v) is 5.46. The third-order valence-electron chi connectivity index (χ3n) is 4.96. The molecule has 0 atom stereocenters. The first-order valence-electron chi connectivity index (χ1n) is 10.2. The van der Waals surface area contributed by atoms with E-state index in [1.807, 2.05) is 60.7 Å². The van der Waals surface area contributed by atoms with Gasteiger partial charge < -0.3 is 5.73 Å². The fourth-order valence-electron chi connectivity index (χ4n) is 3.30. The van der Waals surface area contributed by atoms with E-state index in [-0.39, 0.29) is 18.4 Å². The average Bonchev–Trinajstić information content (AvgIpc) is 2.84. The van der Waals surface area contributed by atoms with Crippen molar-refractivity contribution >= 4 is 35.1 Å². The highest BCUT2D eigenvalue weighted by molar-refractivity contribution is 6.31. The van der Waals surface area contributed by atoms with Crippen molar-refractivity contribution in [3.63, 3.8) is 0 Å². The summed E-state index contributed by atoms with van der Waals surface area (Å²) in [5.74, 6) is -0.287. The second-order valence-corrected chi connectivity index (χ2v) is 8.13. The van der Waals surface area contributed by atoms with Gasteiger partial charge in [-0.2, -0.15) is 0 Å². The molecule has 4 rings (SSSR count). The molecule has 3 aromatic carbocycles. The zero-order chi connectivity index (χ0) is 23.2. The SMILES string of the molecule is NC(=NCc1cc(-c2ccc(Cl)cc2)c(-c2ccc(Cl)cc2)cn1)NC(=O)c1ccccc1. The standard InChI is InChI=1S/C26H20Cl2N4O/c27-20-10-6-17(7-11-20)23-14-22(30-16-24(23)18-8-12-21(28)13-9-18)15-31-26(29)32-25(33)19-4-2-1-3-5-19/h1-14,16H,15H2,(H3,29,31,32,33). The van der Waals surface area contributed by atoms with E-state index in [9.17, 15) is 4.79 Å². The molecule has 0 unspecified atom stereocenters. The van der Waals surface area contributed by atoms with Crippen LogP contribution in [0.15, 0.2) is 96.1 Å². The molecule has 33 heavy (non-hydrogen) atoms. The molecule has 1 aromatic heterocycles. The van der Waals surface area contributed by atoms with Crippen molar-refractivity contribution in [3.8, 4) is 22.3 Å². The van der Waals surface area contributed by atoms with Crippen LogP contribution in [0, 0.1) is 0 Å². The van der Waals surface area contributed by atoms with Crippen molar-refractivity contribution in [1.29, 1.82) is 0 Å². The lowest BCUT2D eigenvalue weighted by atomic mass is 9.95.